The molecule has 2 amide bonds. The SMILES string of the molecule is CC(=O)Nc1sc(C)c(C)c1C(=O)O[C@H](C)C(=O)N[C@@H]1CCC[C@@H](C)[C@@H]1C. The van der Waals surface area contributed by atoms with E-state index in [-0.39, 0.29) is 17.9 Å². The minimum absolute atomic E-state index is 0.113. The molecule has 1 aromatic heterocycles. The van der Waals surface area contributed by atoms with Gasteiger partial charge in [0.2, 0.25) is 5.91 Å². The van der Waals surface area contributed by atoms with Crippen molar-refractivity contribution in [1.82, 2.24) is 5.32 Å². The van der Waals surface area contributed by atoms with Crippen molar-refractivity contribution in [3.63, 3.8) is 0 Å². The third-order valence-corrected chi connectivity index (χ3v) is 6.69. The number of hydrogen-bond donors (Lipinski definition) is 2. The van der Waals surface area contributed by atoms with Crippen LogP contribution in [0.1, 0.15) is 67.8 Å². The molecule has 1 aromatic rings. The fourth-order valence-corrected chi connectivity index (χ4v) is 4.57. The first-order valence-electron chi connectivity index (χ1n) is 9.50. The van der Waals surface area contributed by atoms with E-state index in [1.807, 2.05) is 13.8 Å². The molecule has 4 atom stereocenters. The number of amides is 2. The third-order valence-electron chi connectivity index (χ3n) is 5.57. The fourth-order valence-electron chi connectivity index (χ4n) is 3.48. The quantitative estimate of drug-likeness (QED) is 0.744. The summed E-state index contributed by atoms with van der Waals surface area (Å²) >= 11 is 1.33. The van der Waals surface area contributed by atoms with Crippen molar-refractivity contribution >= 4 is 34.1 Å². The number of anilines is 1. The van der Waals surface area contributed by atoms with Crippen LogP contribution in [0.2, 0.25) is 0 Å². The highest BCUT2D eigenvalue weighted by molar-refractivity contribution is 7.16. The Kier molecular flexibility index (Phi) is 7.03. The Morgan fingerprint density at radius 2 is 1.85 bits per heavy atom. The monoisotopic (exact) mass is 394 g/mol. The van der Waals surface area contributed by atoms with Crippen molar-refractivity contribution in [3.8, 4) is 0 Å². The smallest absolute Gasteiger partial charge is 0.342 e. The molecule has 1 heterocycles. The Bertz CT molecular complexity index is 728. The van der Waals surface area contributed by atoms with Crippen LogP contribution in [0.25, 0.3) is 0 Å². The van der Waals surface area contributed by atoms with E-state index in [1.165, 1.54) is 24.7 Å². The van der Waals surface area contributed by atoms with E-state index in [2.05, 4.69) is 24.5 Å². The second-order valence-corrected chi connectivity index (χ2v) is 8.82. The normalized spacial score (nSPS) is 23.4. The molecular weight excluding hydrogens is 364 g/mol. The molecule has 1 aliphatic carbocycles. The Morgan fingerprint density at radius 1 is 1.19 bits per heavy atom. The molecule has 0 saturated heterocycles. The average molecular weight is 395 g/mol. The molecule has 6 nitrogen and oxygen atoms in total. The fraction of sp³-hybridized carbons (Fsp3) is 0.650. The summed E-state index contributed by atoms with van der Waals surface area (Å²) in [7, 11) is 0. The lowest BCUT2D eigenvalue weighted by Gasteiger charge is -2.35. The lowest BCUT2D eigenvalue weighted by Crippen LogP contribution is -2.47. The van der Waals surface area contributed by atoms with Crippen molar-refractivity contribution in [2.45, 2.75) is 73.0 Å². The zero-order valence-corrected chi connectivity index (χ0v) is 17.8. The van der Waals surface area contributed by atoms with E-state index in [4.69, 9.17) is 4.74 Å². The number of rotatable bonds is 5. The first-order chi connectivity index (χ1) is 12.6. The van der Waals surface area contributed by atoms with Crippen LogP contribution in [-0.2, 0) is 14.3 Å². The van der Waals surface area contributed by atoms with Gasteiger partial charge < -0.3 is 15.4 Å². The lowest BCUT2D eigenvalue weighted by molar-refractivity contribution is -0.130. The number of hydrogen-bond acceptors (Lipinski definition) is 5. The van der Waals surface area contributed by atoms with Crippen LogP contribution in [0.4, 0.5) is 5.00 Å². The zero-order chi connectivity index (χ0) is 20.3. The van der Waals surface area contributed by atoms with Crippen LogP contribution < -0.4 is 10.6 Å². The number of aryl methyl sites for hydroxylation is 1. The van der Waals surface area contributed by atoms with Crippen molar-refractivity contribution in [2.75, 3.05) is 5.32 Å². The predicted octanol–water partition coefficient (Wildman–Crippen LogP) is 3.81. The second-order valence-electron chi connectivity index (χ2n) is 7.60. The van der Waals surface area contributed by atoms with Crippen LogP contribution in [0, 0.1) is 25.7 Å². The molecule has 0 radical (unpaired) electrons. The molecule has 0 spiro atoms. The Balaban J connectivity index is 2.05. The largest absolute Gasteiger partial charge is 0.449 e. The van der Waals surface area contributed by atoms with Crippen molar-refractivity contribution in [2.24, 2.45) is 11.8 Å². The van der Waals surface area contributed by atoms with Gasteiger partial charge in [-0.05, 0) is 44.6 Å². The molecule has 1 aliphatic rings. The van der Waals surface area contributed by atoms with Gasteiger partial charge in [-0.3, -0.25) is 9.59 Å². The predicted molar refractivity (Wildman–Crippen MR) is 107 cm³/mol. The molecule has 1 saturated carbocycles. The first kappa shape index (κ1) is 21.4. The minimum atomic E-state index is -0.897. The van der Waals surface area contributed by atoms with Gasteiger partial charge in [-0.2, -0.15) is 0 Å². The van der Waals surface area contributed by atoms with E-state index in [0.717, 1.165) is 23.3 Å². The molecule has 2 rings (SSSR count). The van der Waals surface area contributed by atoms with Crippen molar-refractivity contribution < 1.29 is 19.1 Å². The molecule has 0 aliphatic heterocycles. The maximum Gasteiger partial charge on any atom is 0.342 e. The molecule has 27 heavy (non-hydrogen) atoms. The number of carbonyl (C=O) groups is 3. The zero-order valence-electron chi connectivity index (χ0n) is 17.0. The molecule has 2 N–H and O–H groups in total. The summed E-state index contributed by atoms with van der Waals surface area (Å²) in [4.78, 5) is 37.5. The summed E-state index contributed by atoms with van der Waals surface area (Å²) in [6, 6.07) is 0.113. The van der Waals surface area contributed by atoms with E-state index in [0.29, 0.717) is 22.4 Å². The van der Waals surface area contributed by atoms with E-state index in [1.54, 1.807) is 6.92 Å². The highest BCUT2D eigenvalue weighted by Gasteiger charge is 2.31. The van der Waals surface area contributed by atoms with E-state index in [9.17, 15) is 14.4 Å². The van der Waals surface area contributed by atoms with Crippen LogP contribution in [-0.4, -0.2) is 29.9 Å². The summed E-state index contributed by atoms with van der Waals surface area (Å²) in [6.45, 7) is 11.0. The number of thiophene rings is 1. The highest BCUT2D eigenvalue weighted by atomic mass is 32.1. The van der Waals surface area contributed by atoms with E-state index < -0.39 is 12.1 Å². The third kappa shape index (κ3) is 5.09. The highest BCUT2D eigenvalue weighted by Crippen LogP contribution is 2.33. The Morgan fingerprint density at radius 3 is 2.48 bits per heavy atom. The molecular formula is C20H30N2O4S. The van der Waals surface area contributed by atoms with Gasteiger partial charge in [0, 0.05) is 17.8 Å². The molecule has 0 bridgehead atoms. The van der Waals surface area contributed by atoms with Crippen molar-refractivity contribution in [1.29, 1.82) is 0 Å². The van der Waals surface area contributed by atoms with E-state index >= 15 is 0 Å². The first-order valence-corrected chi connectivity index (χ1v) is 10.3. The molecule has 0 unspecified atom stereocenters. The summed E-state index contributed by atoms with van der Waals surface area (Å²) < 4.78 is 5.42. The number of nitrogens with one attached hydrogen (secondary N) is 2. The number of carbonyl (C=O) groups excluding carboxylic acids is 3. The maximum atomic E-state index is 12.7. The Labute approximate surface area is 165 Å². The van der Waals surface area contributed by atoms with Gasteiger partial charge in [0.25, 0.3) is 5.91 Å². The lowest BCUT2D eigenvalue weighted by atomic mass is 9.78. The second kappa shape index (κ2) is 8.87. The van der Waals surface area contributed by atoms with Crippen LogP contribution in [0.15, 0.2) is 0 Å². The van der Waals surface area contributed by atoms with Gasteiger partial charge in [-0.15, -0.1) is 11.3 Å². The van der Waals surface area contributed by atoms with Gasteiger partial charge in [-0.25, -0.2) is 4.79 Å². The van der Waals surface area contributed by atoms with Crippen LogP contribution in [0.5, 0.6) is 0 Å². The molecule has 7 heteroatoms. The van der Waals surface area contributed by atoms with Crippen LogP contribution >= 0.6 is 11.3 Å². The molecule has 1 fully saturated rings. The van der Waals surface area contributed by atoms with Gasteiger partial charge in [-0.1, -0.05) is 26.7 Å². The summed E-state index contributed by atoms with van der Waals surface area (Å²) in [5.74, 6) is -0.151. The van der Waals surface area contributed by atoms with Gasteiger partial charge >= 0.3 is 5.97 Å². The molecule has 150 valence electrons. The van der Waals surface area contributed by atoms with Gasteiger partial charge in [0.1, 0.15) is 5.00 Å². The topological polar surface area (TPSA) is 84.5 Å². The summed E-state index contributed by atoms with van der Waals surface area (Å²) in [6.07, 6.45) is 2.33. The standard InChI is InChI=1S/C20H30N2O4S/c1-10-8-7-9-16(11(10)2)22-18(24)13(4)26-20(25)17-12(3)14(5)27-19(17)21-15(6)23/h10-11,13,16H,7-9H2,1-6H3,(H,21,23)(H,22,24)/t10-,11+,13-,16-/m1/s1. The Hall–Kier alpha value is -1.89. The maximum absolute atomic E-state index is 12.7. The number of ether oxygens (including phenoxy) is 1. The van der Waals surface area contributed by atoms with Gasteiger partial charge in [0.05, 0.1) is 5.56 Å². The average Bonchev–Trinajstić information content (AvgIpc) is 2.85. The summed E-state index contributed by atoms with van der Waals surface area (Å²) in [5.41, 5.74) is 1.09. The molecule has 0 aromatic carbocycles. The minimum Gasteiger partial charge on any atom is -0.449 e. The van der Waals surface area contributed by atoms with Gasteiger partial charge in [0.15, 0.2) is 6.10 Å². The summed E-state index contributed by atoms with van der Waals surface area (Å²) in [5, 5.41) is 6.17. The van der Waals surface area contributed by atoms with Crippen LogP contribution in [0.3, 0.4) is 0 Å². The number of esters is 1. The van der Waals surface area contributed by atoms with Crippen molar-refractivity contribution in [3.05, 3.63) is 16.0 Å².